The average Bonchev–Trinajstić information content (AvgIpc) is 2.76. The lowest BCUT2D eigenvalue weighted by atomic mass is 10.1. The van der Waals surface area contributed by atoms with E-state index < -0.39 is 38.7 Å². The Kier molecular flexibility index (Phi) is 4.46. The van der Waals surface area contributed by atoms with Gasteiger partial charge >= 0.3 is 5.97 Å². The second-order valence-electron chi connectivity index (χ2n) is 4.74. The van der Waals surface area contributed by atoms with Crippen molar-refractivity contribution in [2.45, 2.75) is 30.2 Å². The molecule has 0 spiro atoms. The van der Waals surface area contributed by atoms with Crippen molar-refractivity contribution >= 4 is 31.9 Å². The van der Waals surface area contributed by atoms with Crippen molar-refractivity contribution < 1.29 is 22.7 Å². The maximum atomic E-state index is 13.7. The van der Waals surface area contributed by atoms with Crippen molar-refractivity contribution in [3.63, 3.8) is 0 Å². The number of rotatable bonds is 4. The number of carbonyl (C=O) groups is 1. The SMILES string of the molecule is O=C(O)[C@@H]1CC[C@H](NS(=O)(=O)c2ccc(Br)cc2F)C1. The molecule has 5 nitrogen and oxygen atoms in total. The Morgan fingerprint density at radius 1 is 1.40 bits per heavy atom. The molecule has 0 heterocycles. The van der Waals surface area contributed by atoms with Crippen molar-refractivity contribution in [2.75, 3.05) is 0 Å². The van der Waals surface area contributed by atoms with Gasteiger partial charge in [-0.2, -0.15) is 0 Å². The van der Waals surface area contributed by atoms with E-state index in [1.807, 2.05) is 0 Å². The second kappa shape index (κ2) is 5.79. The number of halogens is 2. The number of benzene rings is 1. The van der Waals surface area contributed by atoms with E-state index in [0.717, 1.165) is 6.07 Å². The van der Waals surface area contributed by atoms with Crippen LogP contribution in [-0.4, -0.2) is 25.5 Å². The summed E-state index contributed by atoms with van der Waals surface area (Å²) in [6.45, 7) is 0. The Hall–Kier alpha value is -0.990. The Morgan fingerprint density at radius 3 is 2.65 bits per heavy atom. The molecule has 0 unspecified atom stereocenters. The quantitative estimate of drug-likeness (QED) is 0.855. The standard InChI is InChI=1S/C12H13BrFNO4S/c13-8-2-4-11(10(14)6-8)20(18,19)15-9-3-1-7(5-9)12(16)17/h2,4,6-7,9,15H,1,3,5H2,(H,16,17)/t7-,9+/m1/s1. The third kappa shape index (κ3) is 3.36. The van der Waals surface area contributed by atoms with Crippen LogP contribution < -0.4 is 4.72 Å². The van der Waals surface area contributed by atoms with Crippen LogP contribution in [0.1, 0.15) is 19.3 Å². The molecule has 1 aliphatic carbocycles. The summed E-state index contributed by atoms with van der Waals surface area (Å²) < 4.78 is 40.7. The molecule has 2 N–H and O–H groups in total. The molecule has 2 atom stereocenters. The highest BCUT2D eigenvalue weighted by Crippen LogP contribution is 2.27. The van der Waals surface area contributed by atoms with E-state index in [9.17, 15) is 17.6 Å². The van der Waals surface area contributed by atoms with E-state index in [0.29, 0.717) is 17.3 Å². The van der Waals surface area contributed by atoms with Crippen LogP contribution in [0.4, 0.5) is 4.39 Å². The molecular weight excluding hydrogens is 353 g/mol. The first-order chi connectivity index (χ1) is 9.29. The van der Waals surface area contributed by atoms with Gasteiger partial charge in [0, 0.05) is 10.5 Å². The van der Waals surface area contributed by atoms with Crippen LogP contribution in [0.2, 0.25) is 0 Å². The molecule has 8 heteroatoms. The van der Waals surface area contributed by atoms with Gasteiger partial charge in [-0.25, -0.2) is 17.5 Å². The number of nitrogens with one attached hydrogen (secondary N) is 1. The average molecular weight is 366 g/mol. The molecule has 0 amide bonds. The van der Waals surface area contributed by atoms with Crippen LogP contribution in [-0.2, 0) is 14.8 Å². The summed E-state index contributed by atoms with van der Waals surface area (Å²) in [5.41, 5.74) is 0. The third-order valence-corrected chi connectivity index (χ3v) is 5.33. The van der Waals surface area contributed by atoms with E-state index in [2.05, 4.69) is 20.7 Å². The van der Waals surface area contributed by atoms with Crippen molar-refractivity contribution in [3.8, 4) is 0 Å². The number of hydrogen-bond donors (Lipinski definition) is 2. The fraction of sp³-hybridized carbons (Fsp3) is 0.417. The molecule has 0 saturated heterocycles. The first-order valence-corrected chi connectivity index (χ1v) is 8.27. The Labute approximate surface area is 124 Å². The van der Waals surface area contributed by atoms with Gasteiger partial charge in [0.05, 0.1) is 5.92 Å². The summed E-state index contributed by atoms with van der Waals surface area (Å²) in [5.74, 6) is -2.32. The first kappa shape index (κ1) is 15.4. The van der Waals surface area contributed by atoms with Gasteiger partial charge < -0.3 is 5.11 Å². The van der Waals surface area contributed by atoms with Gasteiger partial charge in [0.25, 0.3) is 0 Å². The Bertz CT molecular complexity index is 634. The number of hydrogen-bond acceptors (Lipinski definition) is 3. The largest absolute Gasteiger partial charge is 0.481 e. The van der Waals surface area contributed by atoms with Crippen molar-refractivity contribution in [3.05, 3.63) is 28.5 Å². The molecule has 1 fully saturated rings. The molecule has 20 heavy (non-hydrogen) atoms. The zero-order chi connectivity index (χ0) is 14.9. The van der Waals surface area contributed by atoms with Gasteiger partial charge in [0.2, 0.25) is 10.0 Å². The Morgan fingerprint density at radius 2 is 2.10 bits per heavy atom. The van der Waals surface area contributed by atoms with Crippen molar-refractivity contribution in [1.82, 2.24) is 4.72 Å². The summed E-state index contributed by atoms with van der Waals surface area (Å²) in [7, 11) is -3.98. The fourth-order valence-corrected chi connectivity index (χ4v) is 3.96. The normalized spacial score (nSPS) is 22.9. The zero-order valence-corrected chi connectivity index (χ0v) is 12.7. The molecule has 110 valence electrons. The minimum atomic E-state index is -3.98. The summed E-state index contributed by atoms with van der Waals surface area (Å²) >= 11 is 3.05. The van der Waals surface area contributed by atoms with Crippen LogP contribution >= 0.6 is 15.9 Å². The van der Waals surface area contributed by atoms with Crippen LogP contribution in [0, 0.1) is 11.7 Å². The summed E-state index contributed by atoms with van der Waals surface area (Å²) in [6.07, 6.45) is 1.09. The van der Waals surface area contributed by atoms with Crippen LogP contribution in [0.25, 0.3) is 0 Å². The summed E-state index contributed by atoms with van der Waals surface area (Å²) in [5, 5.41) is 8.88. The van der Waals surface area contributed by atoms with Gasteiger partial charge in [-0.1, -0.05) is 15.9 Å². The number of carboxylic acid groups (broad SMARTS) is 1. The van der Waals surface area contributed by atoms with E-state index >= 15 is 0 Å². The minimum Gasteiger partial charge on any atom is -0.481 e. The van der Waals surface area contributed by atoms with Gasteiger partial charge in [0.15, 0.2) is 0 Å². The molecule has 1 aliphatic rings. The highest BCUT2D eigenvalue weighted by atomic mass is 79.9. The predicted molar refractivity (Wildman–Crippen MR) is 73.2 cm³/mol. The topological polar surface area (TPSA) is 83.5 Å². The number of sulfonamides is 1. The van der Waals surface area contributed by atoms with E-state index in [-0.39, 0.29) is 6.42 Å². The zero-order valence-electron chi connectivity index (χ0n) is 10.3. The molecule has 2 rings (SSSR count). The summed E-state index contributed by atoms with van der Waals surface area (Å²) in [4.78, 5) is 10.4. The maximum absolute atomic E-state index is 13.7. The van der Waals surface area contributed by atoms with Crippen LogP contribution in [0.3, 0.4) is 0 Å². The van der Waals surface area contributed by atoms with Crippen LogP contribution in [0.15, 0.2) is 27.6 Å². The molecule has 0 radical (unpaired) electrons. The monoisotopic (exact) mass is 365 g/mol. The lowest BCUT2D eigenvalue weighted by Gasteiger charge is -2.13. The van der Waals surface area contributed by atoms with Crippen LogP contribution in [0.5, 0.6) is 0 Å². The lowest BCUT2D eigenvalue weighted by molar-refractivity contribution is -0.141. The van der Waals surface area contributed by atoms with Gasteiger partial charge in [-0.15, -0.1) is 0 Å². The molecule has 1 aromatic rings. The fourth-order valence-electron chi connectivity index (χ4n) is 2.29. The van der Waals surface area contributed by atoms with E-state index in [1.54, 1.807) is 0 Å². The lowest BCUT2D eigenvalue weighted by Crippen LogP contribution is -2.33. The highest BCUT2D eigenvalue weighted by Gasteiger charge is 2.33. The number of carboxylic acids is 1. The maximum Gasteiger partial charge on any atom is 0.306 e. The predicted octanol–water partition coefficient (Wildman–Crippen LogP) is 2.12. The number of aliphatic carboxylic acids is 1. The van der Waals surface area contributed by atoms with Gasteiger partial charge in [-0.3, -0.25) is 4.79 Å². The molecular formula is C12H13BrFNO4S. The molecule has 1 aromatic carbocycles. The third-order valence-electron chi connectivity index (χ3n) is 3.29. The second-order valence-corrected chi connectivity index (χ2v) is 7.34. The van der Waals surface area contributed by atoms with Gasteiger partial charge in [0.1, 0.15) is 10.7 Å². The summed E-state index contributed by atoms with van der Waals surface area (Å²) in [6, 6.07) is 3.21. The smallest absolute Gasteiger partial charge is 0.306 e. The van der Waals surface area contributed by atoms with E-state index in [4.69, 9.17) is 5.11 Å². The van der Waals surface area contributed by atoms with E-state index in [1.165, 1.54) is 12.1 Å². The van der Waals surface area contributed by atoms with Crippen molar-refractivity contribution in [2.24, 2.45) is 5.92 Å². The Balaban J connectivity index is 2.14. The highest BCUT2D eigenvalue weighted by molar-refractivity contribution is 9.10. The first-order valence-electron chi connectivity index (χ1n) is 6.00. The molecule has 0 bridgehead atoms. The van der Waals surface area contributed by atoms with Crippen molar-refractivity contribution in [1.29, 1.82) is 0 Å². The molecule has 0 aromatic heterocycles. The minimum absolute atomic E-state index is 0.229. The molecule has 0 aliphatic heterocycles. The molecule has 1 saturated carbocycles. The van der Waals surface area contributed by atoms with Gasteiger partial charge in [-0.05, 0) is 37.5 Å².